The third-order valence-electron chi connectivity index (χ3n) is 5.67. The number of fused-ring (bicyclic) bond motifs is 1. The Morgan fingerprint density at radius 1 is 0.966 bits per heavy atom. The molecule has 0 unspecified atom stereocenters. The molecule has 29 heavy (non-hydrogen) atoms. The van der Waals surface area contributed by atoms with Gasteiger partial charge in [-0.25, -0.2) is 4.98 Å². The second kappa shape index (κ2) is 7.21. The number of aromatic nitrogens is 2. The van der Waals surface area contributed by atoms with Crippen LogP contribution in [0.1, 0.15) is 29.3 Å². The van der Waals surface area contributed by atoms with Crippen LogP contribution >= 0.6 is 0 Å². The maximum absolute atomic E-state index is 12.8. The Bertz CT molecular complexity index is 1180. The number of hydrogen-bond donors (Lipinski definition) is 0. The summed E-state index contributed by atoms with van der Waals surface area (Å²) in [5, 5.41) is 0. The van der Waals surface area contributed by atoms with Crippen LogP contribution in [-0.4, -0.2) is 22.0 Å². The zero-order valence-electron chi connectivity index (χ0n) is 16.5. The van der Waals surface area contributed by atoms with Crippen molar-refractivity contribution in [2.75, 3.05) is 11.4 Å². The molecule has 0 bridgehead atoms. The molecule has 4 aromatic rings. The van der Waals surface area contributed by atoms with Crippen LogP contribution in [0.25, 0.3) is 11.0 Å². The van der Waals surface area contributed by atoms with Gasteiger partial charge in [0, 0.05) is 31.1 Å². The van der Waals surface area contributed by atoms with Crippen LogP contribution in [0.2, 0.25) is 0 Å². The fraction of sp³-hybridized carbons (Fsp3) is 0.200. The number of aryl methyl sites for hydroxylation is 1. The van der Waals surface area contributed by atoms with Gasteiger partial charge in [0.15, 0.2) is 0 Å². The lowest BCUT2D eigenvalue weighted by Crippen LogP contribution is -2.24. The van der Waals surface area contributed by atoms with E-state index in [4.69, 9.17) is 4.98 Å². The number of para-hydroxylation sites is 2. The molecule has 3 aromatic carbocycles. The molecule has 5 rings (SSSR count). The van der Waals surface area contributed by atoms with E-state index in [-0.39, 0.29) is 11.8 Å². The highest BCUT2D eigenvalue weighted by Crippen LogP contribution is 2.33. The van der Waals surface area contributed by atoms with Gasteiger partial charge in [-0.05, 0) is 42.3 Å². The summed E-state index contributed by atoms with van der Waals surface area (Å²) in [5.74, 6) is 1.25. The average Bonchev–Trinajstić information content (AvgIpc) is 3.30. The van der Waals surface area contributed by atoms with E-state index in [2.05, 4.69) is 60.0 Å². The highest BCUT2D eigenvalue weighted by Gasteiger charge is 2.34. The van der Waals surface area contributed by atoms with Gasteiger partial charge in [-0.1, -0.05) is 54.6 Å². The summed E-state index contributed by atoms with van der Waals surface area (Å²) in [7, 11) is 0. The zero-order valence-corrected chi connectivity index (χ0v) is 16.5. The molecule has 1 atom stereocenters. The van der Waals surface area contributed by atoms with Crippen molar-refractivity contribution in [3.05, 3.63) is 95.8 Å². The lowest BCUT2D eigenvalue weighted by molar-refractivity contribution is -0.117. The molecule has 1 fully saturated rings. The summed E-state index contributed by atoms with van der Waals surface area (Å²) in [5.41, 5.74) is 5.47. The van der Waals surface area contributed by atoms with E-state index < -0.39 is 0 Å². The number of anilines is 1. The lowest BCUT2D eigenvalue weighted by Gasteiger charge is -2.18. The molecular formula is C25H23N3O. The third kappa shape index (κ3) is 3.31. The van der Waals surface area contributed by atoms with Crippen LogP contribution in [0.5, 0.6) is 0 Å². The van der Waals surface area contributed by atoms with Crippen molar-refractivity contribution in [3.63, 3.8) is 0 Å². The molecule has 0 aliphatic carbocycles. The number of hydrogen-bond acceptors (Lipinski definition) is 2. The molecule has 0 radical (unpaired) electrons. The van der Waals surface area contributed by atoms with Crippen molar-refractivity contribution in [2.45, 2.75) is 25.8 Å². The first kappa shape index (κ1) is 17.7. The van der Waals surface area contributed by atoms with Crippen molar-refractivity contribution < 1.29 is 4.79 Å². The van der Waals surface area contributed by atoms with E-state index in [1.165, 1.54) is 5.56 Å². The highest BCUT2D eigenvalue weighted by atomic mass is 16.2. The molecule has 1 aromatic heterocycles. The van der Waals surface area contributed by atoms with E-state index in [1.807, 2.05) is 35.2 Å². The van der Waals surface area contributed by atoms with Crippen molar-refractivity contribution in [3.8, 4) is 0 Å². The summed E-state index contributed by atoms with van der Waals surface area (Å²) in [6.45, 7) is 3.48. The van der Waals surface area contributed by atoms with Gasteiger partial charge in [-0.3, -0.25) is 4.79 Å². The normalized spacial score (nSPS) is 16.7. The van der Waals surface area contributed by atoms with Gasteiger partial charge in [0.25, 0.3) is 0 Å². The van der Waals surface area contributed by atoms with Gasteiger partial charge in [-0.15, -0.1) is 0 Å². The van der Waals surface area contributed by atoms with Crippen LogP contribution in [0.15, 0.2) is 78.9 Å². The third-order valence-corrected chi connectivity index (χ3v) is 5.67. The predicted octanol–water partition coefficient (Wildman–Crippen LogP) is 4.91. The summed E-state index contributed by atoms with van der Waals surface area (Å²) >= 11 is 0. The molecule has 144 valence electrons. The second-order valence-electron chi connectivity index (χ2n) is 7.77. The Labute approximate surface area is 170 Å². The van der Waals surface area contributed by atoms with Crippen molar-refractivity contribution in [2.24, 2.45) is 0 Å². The molecule has 1 amide bonds. The van der Waals surface area contributed by atoms with Crippen LogP contribution in [0.3, 0.4) is 0 Å². The molecule has 4 nitrogen and oxygen atoms in total. The van der Waals surface area contributed by atoms with Crippen LogP contribution in [0.4, 0.5) is 5.69 Å². The fourth-order valence-corrected chi connectivity index (χ4v) is 4.26. The van der Waals surface area contributed by atoms with E-state index >= 15 is 0 Å². The average molecular weight is 381 g/mol. The van der Waals surface area contributed by atoms with E-state index in [1.54, 1.807) is 0 Å². The maximum Gasteiger partial charge on any atom is 0.227 e. The van der Waals surface area contributed by atoms with Gasteiger partial charge >= 0.3 is 0 Å². The Hall–Kier alpha value is -3.40. The van der Waals surface area contributed by atoms with Crippen LogP contribution in [-0.2, 0) is 11.3 Å². The number of benzene rings is 3. The minimum absolute atomic E-state index is 0.0825. The first-order chi connectivity index (χ1) is 14.2. The Balaban J connectivity index is 1.53. The van der Waals surface area contributed by atoms with Gasteiger partial charge in [0.2, 0.25) is 5.91 Å². The minimum atomic E-state index is 0.0825. The monoisotopic (exact) mass is 381 g/mol. The zero-order chi connectivity index (χ0) is 19.8. The number of carbonyl (C=O) groups is 1. The van der Waals surface area contributed by atoms with Gasteiger partial charge < -0.3 is 9.47 Å². The summed E-state index contributed by atoms with van der Waals surface area (Å²) < 4.78 is 2.28. The van der Waals surface area contributed by atoms with Crippen LogP contribution < -0.4 is 4.90 Å². The molecule has 4 heteroatoms. The number of carbonyl (C=O) groups excluding carboxylic acids is 1. The summed E-state index contributed by atoms with van der Waals surface area (Å²) in [4.78, 5) is 19.7. The van der Waals surface area contributed by atoms with Gasteiger partial charge in [0.1, 0.15) is 5.82 Å². The quantitative estimate of drug-likeness (QED) is 0.504. The van der Waals surface area contributed by atoms with E-state index in [0.29, 0.717) is 13.0 Å². The van der Waals surface area contributed by atoms with Gasteiger partial charge in [0.05, 0.1) is 11.0 Å². The summed E-state index contributed by atoms with van der Waals surface area (Å²) in [6.07, 6.45) is 0.492. The second-order valence-corrected chi connectivity index (χ2v) is 7.77. The standard InChI is InChI=1S/C25H23N3O/c1-18-8-7-11-21(14-18)27-17-20(15-24(27)29)25-26-22-12-5-6-13-23(22)28(25)16-19-9-3-2-4-10-19/h2-14,20H,15-17H2,1H3/t20-/m0/s1. The minimum Gasteiger partial charge on any atom is -0.323 e. The summed E-state index contributed by atoms with van der Waals surface area (Å²) in [6, 6.07) is 26.8. The number of amides is 1. The van der Waals surface area contributed by atoms with Crippen LogP contribution in [0, 0.1) is 6.92 Å². The highest BCUT2D eigenvalue weighted by molar-refractivity contribution is 5.96. The van der Waals surface area contributed by atoms with Crippen molar-refractivity contribution in [1.82, 2.24) is 9.55 Å². The van der Waals surface area contributed by atoms with Crippen molar-refractivity contribution >= 4 is 22.6 Å². The Morgan fingerprint density at radius 3 is 2.59 bits per heavy atom. The predicted molar refractivity (Wildman–Crippen MR) is 116 cm³/mol. The molecule has 1 saturated heterocycles. The maximum atomic E-state index is 12.8. The van der Waals surface area contributed by atoms with Gasteiger partial charge in [-0.2, -0.15) is 0 Å². The number of nitrogens with zero attached hydrogens (tertiary/aromatic N) is 3. The smallest absolute Gasteiger partial charge is 0.227 e. The topological polar surface area (TPSA) is 38.1 Å². The molecule has 1 aliphatic heterocycles. The fourth-order valence-electron chi connectivity index (χ4n) is 4.26. The Morgan fingerprint density at radius 2 is 1.76 bits per heavy atom. The molecule has 2 heterocycles. The number of imidazole rings is 1. The largest absolute Gasteiger partial charge is 0.323 e. The first-order valence-corrected chi connectivity index (χ1v) is 10.0. The number of rotatable bonds is 4. The first-order valence-electron chi connectivity index (χ1n) is 10.0. The molecule has 0 spiro atoms. The SMILES string of the molecule is Cc1cccc(N2C[C@@H](c3nc4ccccc4n3Cc3ccccc3)CC2=O)c1. The van der Waals surface area contributed by atoms with E-state index in [0.717, 1.165) is 34.7 Å². The molecule has 1 aliphatic rings. The lowest BCUT2D eigenvalue weighted by atomic mass is 10.1. The van der Waals surface area contributed by atoms with E-state index in [9.17, 15) is 4.79 Å². The van der Waals surface area contributed by atoms with Crippen molar-refractivity contribution in [1.29, 1.82) is 0 Å². The molecule has 0 N–H and O–H groups in total. The Kier molecular flexibility index (Phi) is 4.39. The molecular weight excluding hydrogens is 358 g/mol. The molecule has 0 saturated carbocycles.